The maximum Gasteiger partial charge on any atom is 0.339 e. The zero-order valence-electron chi connectivity index (χ0n) is 12.5. The molecule has 3 rings (SSSR count). The van der Waals surface area contributed by atoms with E-state index in [1.165, 1.54) is 0 Å². The maximum absolute atomic E-state index is 11.6. The molecule has 0 aromatic carbocycles. The highest BCUT2D eigenvalue weighted by Crippen LogP contribution is 2.29. The smallest absolute Gasteiger partial charge is 0.339 e. The Bertz CT molecular complexity index is 545. The Labute approximate surface area is 124 Å². The zero-order valence-corrected chi connectivity index (χ0v) is 12.5. The van der Waals surface area contributed by atoms with Gasteiger partial charge in [0.05, 0.1) is 19.3 Å². The number of nitrogens with zero attached hydrogens (tertiary/aromatic N) is 2. The Kier molecular flexibility index (Phi) is 4.10. The third-order valence-electron chi connectivity index (χ3n) is 4.48. The Hall–Kier alpha value is -1.62. The molecule has 1 N–H and O–H groups in total. The van der Waals surface area contributed by atoms with Gasteiger partial charge in [0.15, 0.2) is 0 Å². The van der Waals surface area contributed by atoms with E-state index in [0.717, 1.165) is 43.4 Å². The molecule has 114 valence electrons. The molecule has 1 aromatic rings. The van der Waals surface area contributed by atoms with Gasteiger partial charge in [0.1, 0.15) is 11.4 Å². The number of rotatable bonds is 3. The number of pyridine rings is 1. The second kappa shape index (κ2) is 6.02. The molecule has 1 aromatic heterocycles. The molecule has 5 nitrogen and oxygen atoms in total. The van der Waals surface area contributed by atoms with E-state index in [1.807, 2.05) is 6.07 Å². The minimum atomic E-state index is -0.882. The predicted octanol–water partition coefficient (Wildman–Crippen LogP) is 2.27. The number of carbonyl (C=O) groups is 1. The molecule has 1 fully saturated rings. The average Bonchev–Trinajstić information content (AvgIpc) is 2.53. The van der Waals surface area contributed by atoms with Crippen molar-refractivity contribution in [1.82, 2.24) is 4.98 Å². The molecule has 0 bridgehead atoms. The van der Waals surface area contributed by atoms with Crippen LogP contribution in [0.4, 0.5) is 5.82 Å². The van der Waals surface area contributed by atoms with Gasteiger partial charge in [0, 0.05) is 12.2 Å². The predicted molar refractivity (Wildman–Crippen MR) is 80.1 cm³/mol. The van der Waals surface area contributed by atoms with E-state index < -0.39 is 5.97 Å². The quantitative estimate of drug-likeness (QED) is 0.925. The van der Waals surface area contributed by atoms with E-state index in [4.69, 9.17) is 9.72 Å². The summed E-state index contributed by atoms with van der Waals surface area (Å²) >= 11 is 0. The molecule has 1 aliphatic carbocycles. The van der Waals surface area contributed by atoms with Gasteiger partial charge < -0.3 is 14.7 Å². The number of hydrogen-bond donors (Lipinski definition) is 1. The van der Waals surface area contributed by atoms with Gasteiger partial charge in [0.25, 0.3) is 0 Å². The van der Waals surface area contributed by atoms with Crippen molar-refractivity contribution in [3.8, 4) is 0 Å². The molecule has 2 heterocycles. The van der Waals surface area contributed by atoms with Gasteiger partial charge in [-0.05, 0) is 43.7 Å². The summed E-state index contributed by atoms with van der Waals surface area (Å²) in [5, 5.41) is 9.56. The van der Waals surface area contributed by atoms with Crippen LogP contribution in [0, 0.1) is 0 Å². The highest BCUT2D eigenvalue weighted by atomic mass is 16.5. The minimum Gasteiger partial charge on any atom is -0.478 e. The van der Waals surface area contributed by atoms with Gasteiger partial charge in [-0.25, -0.2) is 9.78 Å². The van der Waals surface area contributed by atoms with E-state index in [2.05, 4.69) is 11.8 Å². The van der Waals surface area contributed by atoms with Gasteiger partial charge in [0.2, 0.25) is 0 Å². The zero-order chi connectivity index (χ0) is 14.8. The fourth-order valence-corrected chi connectivity index (χ4v) is 3.27. The Morgan fingerprint density at radius 2 is 2.29 bits per heavy atom. The molecular weight excluding hydrogens is 268 g/mol. The van der Waals surface area contributed by atoms with Crippen LogP contribution in [-0.4, -0.2) is 41.9 Å². The van der Waals surface area contributed by atoms with Crippen LogP contribution < -0.4 is 4.90 Å². The van der Waals surface area contributed by atoms with E-state index in [1.54, 1.807) is 0 Å². The van der Waals surface area contributed by atoms with Crippen molar-refractivity contribution in [1.29, 1.82) is 0 Å². The highest BCUT2D eigenvalue weighted by molar-refractivity contribution is 5.93. The summed E-state index contributed by atoms with van der Waals surface area (Å²) in [5.41, 5.74) is 2.54. The third kappa shape index (κ3) is 2.75. The van der Waals surface area contributed by atoms with E-state index in [-0.39, 0.29) is 6.04 Å². The number of morpholine rings is 1. The SMILES string of the molecule is CCC1COCCN1c1nc2c(cc1C(=O)O)CCCC2. The molecule has 1 unspecified atom stereocenters. The molecule has 1 atom stereocenters. The van der Waals surface area contributed by atoms with Crippen LogP contribution in [0.1, 0.15) is 47.8 Å². The summed E-state index contributed by atoms with van der Waals surface area (Å²) in [6.07, 6.45) is 5.11. The summed E-state index contributed by atoms with van der Waals surface area (Å²) in [6.45, 7) is 4.10. The first-order valence-electron chi connectivity index (χ1n) is 7.81. The molecule has 2 aliphatic rings. The molecule has 21 heavy (non-hydrogen) atoms. The largest absolute Gasteiger partial charge is 0.478 e. The number of carboxylic acids is 1. The second-order valence-corrected chi connectivity index (χ2v) is 5.81. The van der Waals surface area contributed by atoms with Crippen molar-refractivity contribution < 1.29 is 14.6 Å². The second-order valence-electron chi connectivity index (χ2n) is 5.81. The van der Waals surface area contributed by atoms with Crippen LogP contribution in [0.3, 0.4) is 0 Å². The fourth-order valence-electron chi connectivity index (χ4n) is 3.27. The van der Waals surface area contributed by atoms with Crippen LogP contribution in [0.5, 0.6) is 0 Å². The van der Waals surface area contributed by atoms with Gasteiger partial charge >= 0.3 is 5.97 Å². The highest BCUT2D eigenvalue weighted by Gasteiger charge is 2.28. The molecule has 0 spiro atoms. The number of aromatic nitrogens is 1. The Balaban J connectivity index is 2.04. The molecule has 5 heteroatoms. The van der Waals surface area contributed by atoms with E-state index in [0.29, 0.717) is 31.1 Å². The Morgan fingerprint density at radius 3 is 3.05 bits per heavy atom. The number of ether oxygens (including phenoxy) is 1. The molecular formula is C16H22N2O3. The summed E-state index contributed by atoms with van der Waals surface area (Å²) in [4.78, 5) is 18.5. The lowest BCUT2D eigenvalue weighted by molar-refractivity contribution is 0.0693. The molecule has 1 aliphatic heterocycles. The lowest BCUT2D eigenvalue weighted by Gasteiger charge is -2.37. The average molecular weight is 290 g/mol. The number of anilines is 1. The van der Waals surface area contributed by atoms with Crippen LogP contribution in [0.25, 0.3) is 0 Å². The summed E-state index contributed by atoms with van der Waals surface area (Å²) in [5.74, 6) is -0.245. The van der Waals surface area contributed by atoms with Crippen molar-refractivity contribution in [3.05, 3.63) is 22.9 Å². The van der Waals surface area contributed by atoms with Gasteiger partial charge in [-0.15, -0.1) is 0 Å². The van der Waals surface area contributed by atoms with Gasteiger partial charge in [-0.1, -0.05) is 6.92 Å². The summed E-state index contributed by atoms with van der Waals surface area (Å²) < 4.78 is 5.52. The van der Waals surface area contributed by atoms with Crippen molar-refractivity contribution in [2.75, 3.05) is 24.7 Å². The minimum absolute atomic E-state index is 0.214. The molecule has 0 amide bonds. The lowest BCUT2D eigenvalue weighted by Crippen LogP contribution is -2.46. The standard InChI is InChI=1S/C16H22N2O3/c1-2-12-10-21-8-7-18(12)15-13(16(19)20)9-11-5-3-4-6-14(11)17-15/h9,12H,2-8,10H2,1H3,(H,19,20). The number of hydrogen-bond acceptors (Lipinski definition) is 4. The number of carboxylic acid groups (broad SMARTS) is 1. The number of aromatic carboxylic acids is 1. The van der Waals surface area contributed by atoms with Crippen molar-refractivity contribution in [2.24, 2.45) is 0 Å². The maximum atomic E-state index is 11.6. The van der Waals surface area contributed by atoms with Crippen molar-refractivity contribution in [2.45, 2.75) is 45.1 Å². The van der Waals surface area contributed by atoms with E-state index >= 15 is 0 Å². The van der Waals surface area contributed by atoms with Gasteiger partial charge in [-0.2, -0.15) is 0 Å². The lowest BCUT2D eigenvalue weighted by atomic mass is 9.94. The monoisotopic (exact) mass is 290 g/mol. The molecule has 1 saturated heterocycles. The first kappa shape index (κ1) is 14.3. The molecule has 0 radical (unpaired) electrons. The van der Waals surface area contributed by atoms with Crippen LogP contribution in [0.2, 0.25) is 0 Å². The van der Waals surface area contributed by atoms with Crippen LogP contribution >= 0.6 is 0 Å². The topological polar surface area (TPSA) is 62.7 Å². The first-order chi connectivity index (χ1) is 10.2. The summed E-state index contributed by atoms with van der Waals surface area (Å²) in [6, 6.07) is 2.06. The fraction of sp³-hybridized carbons (Fsp3) is 0.625. The number of fused-ring (bicyclic) bond motifs is 1. The third-order valence-corrected chi connectivity index (χ3v) is 4.48. The first-order valence-corrected chi connectivity index (χ1v) is 7.81. The van der Waals surface area contributed by atoms with Crippen molar-refractivity contribution in [3.63, 3.8) is 0 Å². The van der Waals surface area contributed by atoms with Crippen molar-refractivity contribution >= 4 is 11.8 Å². The Morgan fingerprint density at radius 1 is 1.48 bits per heavy atom. The van der Waals surface area contributed by atoms with Gasteiger partial charge in [-0.3, -0.25) is 0 Å². The number of aryl methyl sites for hydroxylation is 2. The van der Waals surface area contributed by atoms with Crippen LogP contribution in [0.15, 0.2) is 6.07 Å². The molecule has 0 saturated carbocycles. The van der Waals surface area contributed by atoms with Crippen LogP contribution in [-0.2, 0) is 17.6 Å². The normalized spacial score (nSPS) is 22.0. The van der Waals surface area contributed by atoms with E-state index in [9.17, 15) is 9.90 Å². The summed E-state index contributed by atoms with van der Waals surface area (Å²) in [7, 11) is 0.